The molecule has 2 aromatic rings. The van der Waals surface area contributed by atoms with Gasteiger partial charge in [-0.15, -0.1) is 0 Å². The van der Waals surface area contributed by atoms with E-state index in [1.807, 2.05) is 0 Å². The Bertz CT molecular complexity index is 732. The lowest BCUT2D eigenvalue weighted by Gasteiger charge is -2.10. The minimum atomic E-state index is -1.51. The molecule has 0 aromatic heterocycles. The Labute approximate surface area is 121 Å². The monoisotopic (exact) mass is 318 g/mol. The first kappa shape index (κ1) is 16.1. The lowest BCUT2D eigenvalue weighted by molar-refractivity contribution is 0.102. The van der Waals surface area contributed by atoms with Crippen LogP contribution in [0.4, 0.5) is 26.3 Å². The van der Waals surface area contributed by atoms with Gasteiger partial charge in [0.1, 0.15) is 11.6 Å². The SMILES string of the molecule is Cc1c(F)c(F)cc(C(=O)c2cc(F)c(F)c(C)c2F)c1F. The standard InChI is InChI=1S/C15H8F6O/c1-5-11(18)7(3-9(16)13(5)20)15(22)8-4-10(17)14(21)6(2)12(8)19/h3-4H,1-2H3. The molecule has 0 radical (unpaired) electrons. The van der Waals surface area contributed by atoms with Crippen LogP contribution in [0.1, 0.15) is 27.0 Å². The topological polar surface area (TPSA) is 17.1 Å². The summed E-state index contributed by atoms with van der Waals surface area (Å²) in [7, 11) is 0. The Balaban J connectivity index is 2.69. The number of benzene rings is 2. The summed E-state index contributed by atoms with van der Waals surface area (Å²) in [6.45, 7) is 1.77. The number of hydrogen-bond donors (Lipinski definition) is 0. The average molecular weight is 318 g/mol. The first-order valence-electron chi connectivity index (χ1n) is 5.99. The summed E-state index contributed by atoms with van der Waals surface area (Å²) < 4.78 is 80.7. The van der Waals surface area contributed by atoms with Crippen LogP contribution in [0, 0.1) is 48.8 Å². The van der Waals surface area contributed by atoms with Gasteiger partial charge in [-0.05, 0) is 26.0 Å². The van der Waals surface area contributed by atoms with Gasteiger partial charge in [0, 0.05) is 11.1 Å². The van der Waals surface area contributed by atoms with Crippen LogP contribution in [0.3, 0.4) is 0 Å². The van der Waals surface area contributed by atoms with Crippen LogP contribution in [0.15, 0.2) is 12.1 Å². The second-order valence-electron chi connectivity index (χ2n) is 4.65. The molecule has 0 amide bonds. The molecule has 22 heavy (non-hydrogen) atoms. The van der Waals surface area contributed by atoms with Crippen LogP contribution < -0.4 is 0 Å². The van der Waals surface area contributed by atoms with Gasteiger partial charge in [-0.1, -0.05) is 0 Å². The summed E-state index contributed by atoms with van der Waals surface area (Å²) in [6.07, 6.45) is 0. The van der Waals surface area contributed by atoms with E-state index in [1.165, 1.54) is 0 Å². The zero-order valence-electron chi connectivity index (χ0n) is 11.3. The Morgan fingerprint density at radius 2 is 1.00 bits per heavy atom. The minimum Gasteiger partial charge on any atom is -0.288 e. The van der Waals surface area contributed by atoms with Crippen molar-refractivity contribution in [2.75, 3.05) is 0 Å². The van der Waals surface area contributed by atoms with Crippen LogP contribution in [0.5, 0.6) is 0 Å². The first-order valence-corrected chi connectivity index (χ1v) is 5.99. The highest BCUT2D eigenvalue weighted by Gasteiger charge is 2.26. The van der Waals surface area contributed by atoms with Gasteiger partial charge in [0.15, 0.2) is 29.1 Å². The molecule has 0 heterocycles. The van der Waals surface area contributed by atoms with Gasteiger partial charge >= 0.3 is 0 Å². The molecule has 0 unspecified atom stereocenters. The molecule has 0 N–H and O–H groups in total. The molecule has 0 spiro atoms. The van der Waals surface area contributed by atoms with Crippen molar-refractivity contribution in [1.82, 2.24) is 0 Å². The van der Waals surface area contributed by atoms with Crippen molar-refractivity contribution < 1.29 is 31.1 Å². The van der Waals surface area contributed by atoms with Crippen molar-refractivity contribution in [2.45, 2.75) is 13.8 Å². The minimum absolute atomic E-state index is 0.246. The number of rotatable bonds is 2. The molecule has 1 nitrogen and oxygen atoms in total. The van der Waals surface area contributed by atoms with E-state index in [0.29, 0.717) is 0 Å². The van der Waals surface area contributed by atoms with E-state index in [-0.39, 0.29) is 12.1 Å². The molecular formula is C15H8F6O. The smallest absolute Gasteiger partial charge is 0.199 e. The zero-order valence-corrected chi connectivity index (χ0v) is 11.3. The molecule has 2 rings (SSSR count). The van der Waals surface area contributed by atoms with E-state index in [2.05, 4.69) is 0 Å². The number of halogens is 6. The predicted molar refractivity (Wildman–Crippen MR) is 65.5 cm³/mol. The largest absolute Gasteiger partial charge is 0.288 e. The maximum atomic E-state index is 13.9. The van der Waals surface area contributed by atoms with Crippen molar-refractivity contribution in [3.05, 3.63) is 69.3 Å². The highest BCUT2D eigenvalue weighted by atomic mass is 19.2. The molecule has 0 aliphatic heterocycles. The molecule has 0 bridgehead atoms. The third-order valence-corrected chi connectivity index (χ3v) is 3.24. The van der Waals surface area contributed by atoms with Gasteiger partial charge in [-0.2, -0.15) is 0 Å². The summed E-state index contributed by atoms with van der Waals surface area (Å²) in [5.74, 6) is -10.2. The number of ketones is 1. The van der Waals surface area contributed by atoms with Crippen LogP contribution in [-0.2, 0) is 0 Å². The summed E-state index contributed by atoms with van der Waals surface area (Å²) in [6, 6.07) is 0.492. The van der Waals surface area contributed by atoms with Gasteiger partial charge in [0.2, 0.25) is 0 Å². The fraction of sp³-hybridized carbons (Fsp3) is 0.133. The van der Waals surface area contributed by atoms with Crippen LogP contribution in [0.25, 0.3) is 0 Å². The molecule has 0 fully saturated rings. The van der Waals surface area contributed by atoms with Crippen molar-refractivity contribution in [3.63, 3.8) is 0 Å². The normalized spacial score (nSPS) is 10.9. The highest BCUT2D eigenvalue weighted by Crippen LogP contribution is 2.25. The van der Waals surface area contributed by atoms with E-state index in [9.17, 15) is 31.1 Å². The van der Waals surface area contributed by atoms with Gasteiger partial charge < -0.3 is 0 Å². The fourth-order valence-electron chi connectivity index (χ4n) is 1.94. The number of carbonyl (C=O) groups is 1. The first-order chi connectivity index (χ1) is 10.2. The molecule has 0 saturated heterocycles. The third kappa shape index (κ3) is 2.36. The quantitative estimate of drug-likeness (QED) is 0.456. The van der Waals surface area contributed by atoms with E-state index >= 15 is 0 Å². The van der Waals surface area contributed by atoms with E-state index in [4.69, 9.17) is 0 Å². The summed E-state index contributed by atoms with van der Waals surface area (Å²) in [5.41, 5.74) is -3.49. The summed E-state index contributed by atoms with van der Waals surface area (Å²) in [4.78, 5) is 12.1. The van der Waals surface area contributed by atoms with Gasteiger partial charge in [0.25, 0.3) is 0 Å². The number of carbonyl (C=O) groups excluding carboxylic acids is 1. The highest BCUT2D eigenvalue weighted by molar-refractivity contribution is 6.09. The molecule has 2 aromatic carbocycles. The predicted octanol–water partition coefficient (Wildman–Crippen LogP) is 4.37. The van der Waals surface area contributed by atoms with E-state index in [1.54, 1.807) is 0 Å². The van der Waals surface area contributed by atoms with Crippen molar-refractivity contribution in [3.8, 4) is 0 Å². The summed E-state index contributed by atoms with van der Waals surface area (Å²) >= 11 is 0. The molecule has 0 saturated carbocycles. The van der Waals surface area contributed by atoms with E-state index in [0.717, 1.165) is 13.8 Å². The van der Waals surface area contributed by atoms with Crippen LogP contribution in [-0.4, -0.2) is 5.78 Å². The summed E-state index contributed by atoms with van der Waals surface area (Å²) in [5, 5.41) is 0. The maximum absolute atomic E-state index is 13.9. The Morgan fingerprint density at radius 3 is 1.32 bits per heavy atom. The molecule has 0 atom stereocenters. The van der Waals surface area contributed by atoms with E-state index < -0.39 is 62.9 Å². The van der Waals surface area contributed by atoms with Crippen molar-refractivity contribution >= 4 is 5.78 Å². The Hall–Kier alpha value is -2.31. The maximum Gasteiger partial charge on any atom is 0.199 e. The van der Waals surface area contributed by atoms with Gasteiger partial charge in [-0.25, -0.2) is 26.3 Å². The second-order valence-corrected chi connectivity index (χ2v) is 4.65. The Morgan fingerprint density at radius 1 is 0.682 bits per heavy atom. The van der Waals surface area contributed by atoms with Crippen molar-refractivity contribution in [2.24, 2.45) is 0 Å². The molecular weight excluding hydrogens is 310 g/mol. The second kappa shape index (κ2) is 5.47. The average Bonchev–Trinajstić information content (AvgIpc) is 2.49. The number of hydrogen-bond acceptors (Lipinski definition) is 1. The van der Waals surface area contributed by atoms with Crippen molar-refractivity contribution in [1.29, 1.82) is 0 Å². The van der Waals surface area contributed by atoms with Crippen LogP contribution >= 0.6 is 0 Å². The molecule has 0 aliphatic carbocycles. The molecule has 7 heteroatoms. The zero-order chi connectivity index (χ0) is 16.8. The molecule has 0 aliphatic rings. The lowest BCUT2D eigenvalue weighted by Crippen LogP contribution is -2.12. The lowest BCUT2D eigenvalue weighted by atomic mass is 9.98. The fourth-order valence-corrected chi connectivity index (χ4v) is 1.94. The van der Waals surface area contributed by atoms with Gasteiger partial charge in [0.05, 0.1) is 11.1 Å². The van der Waals surface area contributed by atoms with Crippen LogP contribution in [0.2, 0.25) is 0 Å². The third-order valence-electron chi connectivity index (χ3n) is 3.24. The molecule has 116 valence electrons. The Kier molecular flexibility index (Phi) is 4.00. The van der Waals surface area contributed by atoms with Gasteiger partial charge in [-0.3, -0.25) is 4.79 Å².